The molecule has 0 aliphatic carbocycles. The minimum atomic E-state index is -0.790. The van der Waals surface area contributed by atoms with Gasteiger partial charge in [0.15, 0.2) is 5.75 Å². The van der Waals surface area contributed by atoms with E-state index in [1.807, 2.05) is 19.9 Å². The van der Waals surface area contributed by atoms with E-state index in [1.165, 1.54) is 0 Å². The van der Waals surface area contributed by atoms with Gasteiger partial charge in [-0.2, -0.15) is 5.10 Å². The molecule has 1 unspecified atom stereocenters. The molecule has 19 heavy (non-hydrogen) atoms. The average Bonchev–Trinajstić information content (AvgIpc) is 2.92. The van der Waals surface area contributed by atoms with E-state index in [-0.39, 0.29) is 0 Å². The fraction of sp³-hybridized carbons (Fsp3) is 0.500. The van der Waals surface area contributed by atoms with Crippen molar-refractivity contribution in [2.24, 2.45) is 0 Å². The van der Waals surface area contributed by atoms with Crippen molar-refractivity contribution >= 4 is 0 Å². The minimum absolute atomic E-state index is 0.596. The molecule has 5 nitrogen and oxygen atoms in total. The molecule has 2 aromatic rings. The van der Waals surface area contributed by atoms with Crippen LogP contribution >= 0.6 is 0 Å². The van der Waals surface area contributed by atoms with Gasteiger partial charge in [0, 0.05) is 12.1 Å². The van der Waals surface area contributed by atoms with E-state index < -0.39 is 6.10 Å². The lowest BCUT2D eigenvalue weighted by molar-refractivity contribution is 0.200. The maximum absolute atomic E-state index is 10.6. The molecule has 5 heteroatoms. The molecule has 0 aliphatic rings. The van der Waals surface area contributed by atoms with Gasteiger partial charge < -0.3 is 14.3 Å². The second-order valence-electron chi connectivity index (χ2n) is 4.59. The Bertz CT molecular complexity index is 557. The van der Waals surface area contributed by atoms with E-state index in [0.29, 0.717) is 11.4 Å². The van der Waals surface area contributed by atoms with Crippen LogP contribution in [0.4, 0.5) is 0 Å². The minimum Gasteiger partial charge on any atom is -0.493 e. The predicted molar refractivity (Wildman–Crippen MR) is 71.3 cm³/mol. The molecule has 2 aromatic heterocycles. The number of ether oxygens (including phenoxy) is 1. The number of methoxy groups -OCH3 is 1. The van der Waals surface area contributed by atoms with Crippen LogP contribution < -0.4 is 4.74 Å². The van der Waals surface area contributed by atoms with Gasteiger partial charge in [-0.25, -0.2) is 0 Å². The van der Waals surface area contributed by atoms with Crippen LogP contribution in [0.1, 0.15) is 42.2 Å². The molecule has 0 spiro atoms. The first kappa shape index (κ1) is 13.7. The molecule has 104 valence electrons. The number of hydrogen-bond donors (Lipinski definition) is 1. The monoisotopic (exact) mass is 264 g/mol. The lowest BCUT2D eigenvalue weighted by Crippen LogP contribution is -2.11. The summed E-state index contributed by atoms with van der Waals surface area (Å²) in [5.74, 6) is 2.10. The standard InChI is InChI=1S/C14H20N2O3/c1-5-6-16-13(12(18-4)8-15-16)14(17)11-7-9(2)19-10(11)3/h7-8,14,17H,5-6H2,1-4H3. The van der Waals surface area contributed by atoms with Crippen molar-refractivity contribution in [3.05, 3.63) is 35.0 Å². The van der Waals surface area contributed by atoms with Gasteiger partial charge in [0.2, 0.25) is 0 Å². The molecule has 2 heterocycles. The third-order valence-corrected chi connectivity index (χ3v) is 3.13. The second kappa shape index (κ2) is 5.48. The highest BCUT2D eigenvalue weighted by Gasteiger charge is 2.24. The summed E-state index contributed by atoms with van der Waals surface area (Å²) >= 11 is 0. The summed E-state index contributed by atoms with van der Waals surface area (Å²) in [5.41, 5.74) is 1.43. The highest BCUT2D eigenvalue weighted by molar-refractivity contribution is 5.36. The van der Waals surface area contributed by atoms with E-state index >= 15 is 0 Å². The topological polar surface area (TPSA) is 60.4 Å². The molecule has 0 saturated carbocycles. The SMILES string of the molecule is CCCn1ncc(OC)c1C(O)c1cc(C)oc1C. The zero-order chi connectivity index (χ0) is 14.0. The fourth-order valence-electron chi connectivity index (χ4n) is 2.27. The third-order valence-electron chi connectivity index (χ3n) is 3.13. The molecule has 2 rings (SSSR count). The van der Waals surface area contributed by atoms with E-state index in [1.54, 1.807) is 18.0 Å². The largest absolute Gasteiger partial charge is 0.493 e. The maximum Gasteiger partial charge on any atom is 0.163 e. The van der Waals surface area contributed by atoms with E-state index in [4.69, 9.17) is 9.15 Å². The van der Waals surface area contributed by atoms with Crippen LogP contribution in [-0.4, -0.2) is 22.0 Å². The number of rotatable bonds is 5. The summed E-state index contributed by atoms with van der Waals surface area (Å²) in [4.78, 5) is 0. The molecule has 0 fully saturated rings. The molecule has 0 aliphatic heterocycles. The van der Waals surface area contributed by atoms with Crippen LogP contribution in [0.25, 0.3) is 0 Å². The summed E-state index contributed by atoms with van der Waals surface area (Å²) in [6, 6.07) is 1.85. The molecule has 0 aromatic carbocycles. The summed E-state index contributed by atoms with van der Waals surface area (Å²) in [5, 5.41) is 14.9. The van der Waals surface area contributed by atoms with Gasteiger partial charge in [0.1, 0.15) is 23.3 Å². The number of aromatic nitrogens is 2. The van der Waals surface area contributed by atoms with Gasteiger partial charge >= 0.3 is 0 Å². The Balaban J connectivity index is 2.44. The summed E-state index contributed by atoms with van der Waals surface area (Å²) in [6.07, 6.45) is 1.78. The molecule has 0 saturated heterocycles. The first-order chi connectivity index (χ1) is 9.08. The van der Waals surface area contributed by atoms with Crippen molar-refractivity contribution < 1.29 is 14.3 Å². The van der Waals surface area contributed by atoms with E-state index in [2.05, 4.69) is 12.0 Å². The van der Waals surface area contributed by atoms with Crippen molar-refractivity contribution in [3.8, 4) is 5.75 Å². The van der Waals surface area contributed by atoms with Gasteiger partial charge in [-0.15, -0.1) is 0 Å². The van der Waals surface area contributed by atoms with Crippen LogP contribution in [-0.2, 0) is 6.54 Å². The zero-order valence-electron chi connectivity index (χ0n) is 11.8. The van der Waals surface area contributed by atoms with Crippen molar-refractivity contribution in [2.75, 3.05) is 7.11 Å². The van der Waals surface area contributed by atoms with Crippen molar-refractivity contribution in [1.82, 2.24) is 9.78 Å². The maximum atomic E-state index is 10.6. The summed E-state index contributed by atoms with van der Waals surface area (Å²) in [7, 11) is 1.58. The highest BCUT2D eigenvalue weighted by Crippen LogP contribution is 2.32. The Morgan fingerprint density at radius 2 is 2.21 bits per heavy atom. The lowest BCUT2D eigenvalue weighted by Gasteiger charge is -2.14. The van der Waals surface area contributed by atoms with Gasteiger partial charge in [0.25, 0.3) is 0 Å². The quantitative estimate of drug-likeness (QED) is 0.901. The zero-order valence-corrected chi connectivity index (χ0v) is 11.8. The van der Waals surface area contributed by atoms with Crippen LogP contribution in [0.15, 0.2) is 16.7 Å². The van der Waals surface area contributed by atoms with Crippen LogP contribution in [0.5, 0.6) is 5.75 Å². The average molecular weight is 264 g/mol. The predicted octanol–water partition coefficient (Wildman–Crippen LogP) is 2.59. The molecule has 0 amide bonds. The van der Waals surface area contributed by atoms with Crippen LogP contribution in [0, 0.1) is 13.8 Å². The summed E-state index contributed by atoms with van der Waals surface area (Å²) < 4.78 is 12.5. The fourth-order valence-corrected chi connectivity index (χ4v) is 2.27. The Morgan fingerprint density at radius 1 is 1.47 bits per heavy atom. The Morgan fingerprint density at radius 3 is 2.74 bits per heavy atom. The van der Waals surface area contributed by atoms with Gasteiger partial charge in [-0.05, 0) is 26.3 Å². The number of nitrogens with zero attached hydrogens (tertiary/aromatic N) is 2. The van der Waals surface area contributed by atoms with Gasteiger partial charge in [-0.3, -0.25) is 4.68 Å². The molecule has 0 radical (unpaired) electrons. The summed E-state index contributed by atoms with van der Waals surface area (Å²) in [6.45, 7) is 6.52. The Labute approximate surface area is 112 Å². The number of aliphatic hydroxyl groups excluding tert-OH is 1. The number of furan rings is 1. The molecule has 0 bridgehead atoms. The second-order valence-corrected chi connectivity index (χ2v) is 4.59. The Hall–Kier alpha value is -1.75. The van der Waals surface area contributed by atoms with Gasteiger partial charge in [0.05, 0.1) is 13.3 Å². The van der Waals surface area contributed by atoms with Crippen molar-refractivity contribution in [3.63, 3.8) is 0 Å². The van der Waals surface area contributed by atoms with E-state index in [9.17, 15) is 5.11 Å². The third kappa shape index (κ3) is 2.51. The van der Waals surface area contributed by atoms with E-state index in [0.717, 1.165) is 30.0 Å². The Kier molecular flexibility index (Phi) is 3.95. The number of hydrogen-bond acceptors (Lipinski definition) is 4. The molecular formula is C14H20N2O3. The lowest BCUT2D eigenvalue weighted by atomic mass is 10.1. The number of aryl methyl sites for hydroxylation is 3. The highest BCUT2D eigenvalue weighted by atomic mass is 16.5. The normalized spacial score (nSPS) is 12.7. The first-order valence-corrected chi connectivity index (χ1v) is 6.43. The van der Waals surface area contributed by atoms with Crippen molar-refractivity contribution in [1.29, 1.82) is 0 Å². The molecular weight excluding hydrogens is 244 g/mol. The van der Waals surface area contributed by atoms with Gasteiger partial charge in [-0.1, -0.05) is 6.92 Å². The van der Waals surface area contributed by atoms with Crippen LogP contribution in [0.2, 0.25) is 0 Å². The molecule has 1 atom stereocenters. The molecule has 1 N–H and O–H groups in total. The smallest absolute Gasteiger partial charge is 0.163 e. The number of aliphatic hydroxyl groups is 1. The first-order valence-electron chi connectivity index (χ1n) is 6.43. The van der Waals surface area contributed by atoms with Crippen molar-refractivity contribution in [2.45, 2.75) is 39.8 Å². The van der Waals surface area contributed by atoms with Crippen LogP contribution in [0.3, 0.4) is 0 Å².